The Morgan fingerprint density at radius 1 is 1.24 bits per heavy atom. The van der Waals surface area contributed by atoms with Gasteiger partial charge in [-0.1, -0.05) is 25.0 Å². The van der Waals surface area contributed by atoms with Crippen LogP contribution in [0, 0.1) is 5.82 Å². The molecule has 114 valence electrons. The second-order valence-corrected chi connectivity index (χ2v) is 6.21. The Hall–Kier alpha value is -1.42. The van der Waals surface area contributed by atoms with Gasteiger partial charge in [0.05, 0.1) is 0 Å². The Morgan fingerprint density at radius 3 is 2.57 bits per heavy atom. The average molecular weight is 291 g/mol. The fraction of sp³-hybridized carbons (Fsp3) is 0.588. The standard InChI is InChI=1S/C17H22FNO2/c18-14-7-5-13(6-8-14)17(9-1-2-10-17)12-19-16(20)15-4-3-11-21-15/h5-8,15H,1-4,9-12H2,(H,19,20). The summed E-state index contributed by atoms with van der Waals surface area (Å²) in [6.07, 6.45) is 5.91. The highest BCUT2D eigenvalue weighted by Gasteiger charge is 2.36. The lowest BCUT2D eigenvalue weighted by Crippen LogP contribution is -2.43. The molecule has 0 aromatic heterocycles. The van der Waals surface area contributed by atoms with E-state index in [0.29, 0.717) is 13.2 Å². The van der Waals surface area contributed by atoms with Crippen LogP contribution in [0.1, 0.15) is 44.1 Å². The molecular weight excluding hydrogens is 269 g/mol. The van der Waals surface area contributed by atoms with Gasteiger partial charge in [0.15, 0.2) is 0 Å². The number of ether oxygens (including phenoxy) is 1. The zero-order chi connectivity index (χ0) is 14.7. The van der Waals surface area contributed by atoms with Gasteiger partial charge in [0.1, 0.15) is 11.9 Å². The van der Waals surface area contributed by atoms with Crippen LogP contribution in [0.4, 0.5) is 4.39 Å². The van der Waals surface area contributed by atoms with Gasteiger partial charge in [0, 0.05) is 18.6 Å². The molecule has 2 aliphatic rings. The Labute approximate surface area is 124 Å². The molecule has 1 unspecified atom stereocenters. The minimum Gasteiger partial charge on any atom is -0.368 e. The highest BCUT2D eigenvalue weighted by Crippen LogP contribution is 2.40. The molecule has 21 heavy (non-hydrogen) atoms. The number of benzene rings is 1. The topological polar surface area (TPSA) is 38.3 Å². The maximum atomic E-state index is 13.1. The van der Waals surface area contributed by atoms with Gasteiger partial charge in [-0.25, -0.2) is 4.39 Å². The number of hydrogen-bond acceptors (Lipinski definition) is 2. The van der Waals surface area contributed by atoms with E-state index >= 15 is 0 Å². The van der Waals surface area contributed by atoms with Gasteiger partial charge in [-0.2, -0.15) is 0 Å². The Morgan fingerprint density at radius 2 is 1.95 bits per heavy atom. The van der Waals surface area contributed by atoms with E-state index in [1.54, 1.807) is 0 Å². The molecule has 1 aliphatic carbocycles. The van der Waals surface area contributed by atoms with Crippen LogP contribution in [0.5, 0.6) is 0 Å². The molecular formula is C17H22FNO2. The van der Waals surface area contributed by atoms with E-state index in [1.807, 2.05) is 12.1 Å². The summed E-state index contributed by atoms with van der Waals surface area (Å²) in [5.41, 5.74) is 1.09. The molecule has 3 nitrogen and oxygen atoms in total. The third kappa shape index (κ3) is 3.10. The van der Waals surface area contributed by atoms with Crippen LogP contribution < -0.4 is 5.32 Å². The molecule has 1 saturated carbocycles. The van der Waals surface area contributed by atoms with Crippen molar-refractivity contribution in [2.45, 2.75) is 50.0 Å². The molecule has 1 heterocycles. The lowest BCUT2D eigenvalue weighted by Gasteiger charge is -2.30. The zero-order valence-electron chi connectivity index (χ0n) is 12.2. The first kappa shape index (κ1) is 14.5. The lowest BCUT2D eigenvalue weighted by atomic mass is 9.78. The van der Waals surface area contributed by atoms with E-state index in [2.05, 4.69) is 5.32 Å². The van der Waals surface area contributed by atoms with Crippen LogP contribution >= 0.6 is 0 Å². The first-order valence-electron chi connectivity index (χ1n) is 7.85. The summed E-state index contributed by atoms with van der Waals surface area (Å²) in [6, 6.07) is 6.74. The summed E-state index contributed by atoms with van der Waals surface area (Å²) in [5.74, 6) is -0.212. The van der Waals surface area contributed by atoms with E-state index in [1.165, 1.54) is 12.1 Å². The summed E-state index contributed by atoms with van der Waals surface area (Å²) in [4.78, 5) is 12.1. The molecule has 1 atom stereocenters. The number of nitrogens with one attached hydrogen (secondary N) is 1. The summed E-state index contributed by atoms with van der Waals surface area (Å²) in [6.45, 7) is 1.30. The van der Waals surface area contributed by atoms with Crippen molar-refractivity contribution >= 4 is 5.91 Å². The van der Waals surface area contributed by atoms with E-state index in [4.69, 9.17) is 4.74 Å². The Bertz CT molecular complexity index is 488. The molecule has 0 radical (unpaired) electrons. The highest BCUT2D eigenvalue weighted by atomic mass is 19.1. The smallest absolute Gasteiger partial charge is 0.249 e. The molecule has 1 aromatic rings. The first-order valence-corrected chi connectivity index (χ1v) is 7.85. The predicted octanol–water partition coefficient (Wildman–Crippen LogP) is 2.93. The van der Waals surface area contributed by atoms with Gasteiger partial charge in [-0.05, 0) is 43.4 Å². The van der Waals surface area contributed by atoms with E-state index < -0.39 is 0 Å². The zero-order valence-corrected chi connectivity index (χ0v) is 12.2. The van der Waals surface area contributed by atoms with Crippen molar-refractivity contribution < 1.29 is 13.9 Å². The van der Waals surface area contributed by atoms with Crippen molar-refractivity contribution in [1.29, 1.82) is 0 Å². The summed E-state index contributed by atoms with van der Waals surface area (Å²) in [5, 5.41) is 3.06. The van der Waals surface area contributed by atoms with Crippen LogP contribution in [-0.4, -0.2) is 25.2 Å². The second-order valence-electron chi connectivity index (χ2n) is 6.21. The predicted molar refractivity (Wildman–Crippen MR) is 78.5 cm³/mol. The molecule has 1 amide bonds. The minimum atomic E-state index is -0.281. The van der Waals surface area contributed by atoms with Crippen LogP contribution in [0.15, 0.2) is 24.3 Å². The molecule has 1 N–H and O–H groups in total. The largest absolute Gasteiger partial charge is 0.368 e. The number of carbonyl (C=O) groups excluding carboxylic acids is 1. The highest BCUT2D eigenvalue weighted by molar-refractivity contribution is 5.81. The van der Waals surface area contributed by atoms with Crippen LogP contribution in [0.3, 0.4) is 0 Å². The van der Waals surface area contributed by atoms with Crippen molar-refractivity contribution in [3.05, 3.63) is 35.6 Å². The first-order chi connectivity index (χ1) is 10.2. The van der Waals surface area contributed by atoms with Crippen molar-refractivity contribution in [2.75, 3.05) is 13.2 Å². The average Bonchev–Trinajstić information content (AvgIpc) is 3.18. The van der Waals surface area contributed by atoms with Crippen molar-refractivity contribution in [3.63, 3.8) is 0 Å². The normalized spacial score (nSPS) is 24.1. The van der Waals surface area contributed by atoms with Gasteiger partial charge in [0.2, 0.25) is 5.91 Å². The van der Waals surface area contributed by atoms with Crippen molar-refractivity contribution in [1.82, 2.24) is 5.32 Å². The SMILES string of the molecule is O=C(NCC1(c2ccc(F)cc2)CCCC1)C1CCCO1. The van der Waals surface area contributed by atoms with Gasteiger partial charge in [-0.3, -0.25) is 4.79 Å². The van der Waals surface area contributed by atoms with Crippen molar-refractivity contribution in [3.8, 4) is 0 Å². The van der Waals surface area contributed by atoms with Gasteiger partial charge >= 0.3 is 0 Å². The third-order valence-electron chi connectivity index (χ3n) is 4.84. The summed E-state index contributed by atoms with van der Waals surface area (Å²) in [7, 11) is 0. The number of rotatable bonds is 4. The quantitative estimate of drug-likeness (QED) is 0.926. The summed E-state index contributed by atoms with van der Waals surface area (Å²) >= 11 is 0. The van der Waals surface area contributed by atoms with E-state index in [9.17, 15) is 9.18 Å². The van der Waals surface area contributed by atoms with Gasteiger partial charge in [0.25, 0.3) is 0 Å². The summed E-state index contributed by atoms with van der Waals surface area (Å²) < 4.78 is 18.6. The van der Waals surface area contributed by atoms with Gasteiger partial charge in [-0.15, -0.1) is 0 Å². The second kappa shape index (κ2) is 6.14. The number of hydrogen-bond donors (Lipinski definition) is 1. The number of amides is 1. The minimum absolute atomic E-state index is 0.000821. The van der Waals surface area contributed by atoms with Crippen LogP contribution in [-0.2, 0) is 14.9 Å². The Balaban J connectivity index is 1.69. The van der Waals surface area contributed by atoms with E-state index in [-0.39, 0.29) is 23.2 Å². The monoisotopic (exact) mass is 291 g/mol. The molecule has 0 spiro atoms. The van der Waals surface area contributed by atoms with E-state index in [0.717, 1.165) is 44.1 Å². The van der Waals surface area contributed by atoms with Gasteiger partial charge < -0.3 is 10.1 Å². The fourth-order valence-electron chi connectivity index (χ4n) is 3.58. The lowest BCUT2D eigenvalue weighted by molar-refractivity contribution is -0.130. The number of halogens is 1. The molecule has 1 aromatic carbocycles. The third-order valence-corrected chi connectivity index (χ3v) is 4.84. The molecule has 2 fully saturated rings. The van der Waals surface area contributed by atoms with Crippen molar-refractivity contribution in [2.24, 2.45) is 0 Å². The van der Waals surface area contributed by atoms with Crippen LogP contribution in [0.2, 0.25) is 0 Å². The molecule has 1 saturated heterocycles. The molecule has 1 aliphatic heterocycles. The maximum Gasteiger partial charge on any atom is 0.249 e. The molecule has 3 rings (SSSR count). The maximum absolute atomic E-state index is 13.1. The molecule has 4 heteroatoms. The Kier molecular flexibility index (Phi) is 4.24. The fourth-order valence-corrected chi connectivity index (χ4v) is 3.58. The molecule has 0 bridgehead atoms. The number of carbonyl (C=O) groups is 1. The van der Waals surface area contributed by atoms with Crippen LogP contribution in [0.25, 0.3) is 0 Å².